The number of ketones is 1. The van der Waals surface area contributed by atoms with E-state index in [9.17, 15) is 27.6 Å². The zero-order valence-corrected chi connectivity index (χ0v) is 10.3. The summed E-state index contributed by atoms with van der Waals surface area (Å²) in [6, 6.07) is 0. The van der Waals surface area contributed by atoms with E-state index in [4.69, 9.17) is 5.11 Å². The number of alkyl halides is 3. The maximum atomic E-state index is 12.2. The van der Waals surface area contributed by atoms with Crippen molar-refractivity contribution < 1.29 is 32.7 Å². The van der Waals surface area contributed by atoms with Crippen LogP contribution in [-0.2, 0) is 14.4 Å². The van der Waals surface area contributed by atoms with E-state index in [0.29, 0.717) is 4.90 Å². The van der Waals surface area contributed by atoms with Gasteiger partial charge in [0.25, 0.3) is 0 Å². The second kappa shape index (κ2) is 5.18. The summed E-state index contributed by atoms with van der Waals surface area (Å²) >= 11 is 0. The third-order valence-electron chi connectivity index (χ3n) is 3.29. The van der Waals surface area contributed by atoms with Crippen molar-refractivity contribution in [2.45, 2.75) is 32.4 Å². The van der Waals surface area contributed by atoms with Gasteiger partial charge in [0.05, 0.1) is 5.41 Å². The molecule has 8 heteroatoms. The van der Waals surface area contributed by atoms with E-state index in [2.05, 4.69) is 0 Å². The molecule has 108 valence electrons. The van der Waals surface area contributed by atoms with Gasteiger partial charge in [0.2, 0.25) is 0 Å². The lowest BCUT2D eigenvalue weighted by Crippen LogP contribution is -2.50. The molecule has 1 heterocycles. The predicted molar refractivity (Wildman–Crippen MR) is 57.2 cm³/mol. The molecule has 1 aliphatic heterocycles. The Kier molecular flexibility index (Phi) is 4.21. The molecule has 0 radical (unpaired) electrons. The van der Waals surface area contributed by atoms with Crippen LogP contribution in [0, 0.1) is 5.41 Å². The minimum absolute atomic E-state index is 0.149. The third kappa shape index (κ3) is 3.45. The average Bonchev–Trinajstić information content (AvgIpc) is 2.26. The van der Waals surface area contributed by atoms with E-state index in [1.165, 1.54) is 6.92 Å². The van der Waals surface area contributed by atoms with Crippen LogP contribution >= 0.6 is 0 Å². The number of Topliss-reactive ketones (excluding diaryl/α,β-unsaturated/α-hetero) is 1. The zero-order valence-electron chi connectivity index (χ0n) is 10.3. The Morgan fingerprint density at radius 1 is 1.21 bits per heavy atom. The van der Waals surface area contributed by atoms with Gasteiger partial charge in [-0.1, -0.05) is 0 Å². The first kappa shape index (κ1) is 15.5. The van der Waals surface area contributed by atoms with E-state index in [1.54, 1.807) is 0 Å². The number of carbonyl (C=O) groups is 3. The molecule has 1 aliphatic rings. The molecule has 0 unspecified atom stereocenters. The highest BCUT2D eigenvalue weighted by molar-refractivity contribution is 5.86. The summed E-state index contributed by atoms with van der Waals surface area (Å²) in [6.07, 6.45) is -5.48. The Morgan fingerprint density at radius 3 is 2.00 bits per heavy atom. The molecule has 5 nitrogen and oxygen atoms in total. The van der Waals surface area contributed by atoms with Gasteiger partial charge in [-0.2, -0.15) is 13.2 Å². The van der Waals surface area contributed by atoms with Crippen LogP contribution in [0.4, 0.5) is 13.2 Å². The summed E-state index contributed by atoms with van der Waals surface area (Å²) in [6.45, 7) is 0.619. The van der Waals surface area contributed by atoms with Gasteiger partial charge in [-0.15, -0.1) is 0 Å². The van der Waals surface area contributed by atoms with Crippen molar-refractivity contribution in [3.05, 3.63) is 0 Å². The zero-order chi connectivity index (χ0) is 14.8. The van der Waals surface area contributed by atoms with Crippen LogP contribution in [0.3, 0.4) is 0 Å². The highest BCUT2D eigenvalue weighted by Gasteiger charge is 2.48. The Hall–Kier alpha value is -1.60. The fourth-order valence-corrected chi connectivity index (χ4v) is 2.26. The second-order valence-corrected chi connectivity index (χ2v) is 4.75. The Morgan fingerprint density at radius 2 is 1.68 bits per heavy atom. The smallest absolute Gasteiger partial charge is 0.471 e. The maximum absolute atomic E-state index is 12.2. The molecule has 0 aromatic rings. The average molecular weight is 281 g/mol. The molecular weight excluding hydrogens is 267 g/mol. The first-order valence-corrected chi connectivity index (χ1v) is 5.67. The first-order valence-electron chi connectivity index (χ1n) is 5.67. The molecular formula is C11H14F3NO4. The van der Waals surface area contributed by atoms with Gasteiger partial charge in [-0.25, -0.2) is 0 Å². The monoisotopic (exact) mass is 281 g/mol. The lowest BCUT2D eigenvalue weighted by molar-refractivity contribution is -0.188. The second-order valence-electron chi connectivity index (χ2n) is 4.75. The van der Waals surface area contributed by atoms with Crippen LogP contribution in [0.5, 0.6) is 0 Å². The molecule has 0 atom stereocenters. The number of carboxylic acid groups (broad SMARTS) is 1. The highest BCUT2D eigenvalue weighted by atomic mass is 19.4. The summed E-state index contributed by atoms with van der Waals surface area (Å²) in [5.41, 5.74) is -1.35. The van der Waals surface area contributed by atoms with E-state index in [0.717, 1.165) is 0 Å². The van der Waals surface area contributed by atoms with Crippen molar-refractivity contribution in [2.75, 3.05) is 13.1 Å². The number of aliphatic carboxylic acids is 1. The van der Waals surface area contributed by atoms with Gasteiger partial charge >= 0.3 is 18.1 Å². The minimum atomic E-state index is -4.95. The quantitative estimate of drug-likeness (QED) is 0.844. The summed E-state index contributed by atoms with van der Waals surface area (Å²) in [4.78, 5) is 33.9. The topological polar surface area (TPSA) is 74.7 Å². The molecule has 1 amide bonds. The van der Waals surface area contributed by atoms with Crippen molar-refractivity contribution in [2.24, 2.45) is 5.41 Å². The van der Waals surface area contributed by atoms with Gasteiger partial charge in [0.15, 0.2) is 0 Å². The molecule has 0 saturated carbocycles. The lowest BCUT2D eigenvalue weighted by Gasteiger charge is -2.38. The molecule has 0 aliphatic carbocycles. The number of hydrogen-bond acceptors (Lipinski definition) is 3. The first-order chi connectivity index (χ1) is 8.58. The predicted octanol–water partition coefficient (Wildman–Crippen LogP) is 1.22. The Labute approximate surface area is 107 Å². The van der Waals surface area contributed by atoms with Crippen LogP contribution in [0.25, 0.3) is 0 Å². The standard InChI is InChI=1S/C11H14F3NO4/c1-7(16)6-10(9(18)19)2-4-15(5-3-10)8(17)11(12,13)14/h2-6H2,1H3,(H,18,19). The van der Waals surface area contributed by atoms with Crippen LogP contribution in [-0.4, -0.2) is 46.9 Å². The number of likely N-dealkylation sites (tertiary alicyclic amines) is 1. The molecule has 1 N–H and O–H groups in total. The van der Waals surface area contributed by atoms with Gasteiger partial charge in [-0.3, -0.25) is 14.4 Å². The van der Waals surface area contributed by atoms with E-state index < -0.39 is 23.5 Å². The fraction of sp³-hybridized carbons (Fsp3) is 0.727. The molecule has 19 heavy (non-hydrogen) atoms. The number of carbonyl (C=O) groups excluding carboxylic acids is 2. The number of hydrogen-bond donors (Lipinski definition) is 1. The van der Waals surface area contributed by atoms with Gasteiger partial charge < -0.3 is 10.0 Å². The summed E-state index contributed by atoms with van der Waals surface area (Å²) < 4.78 is 36.7. The lowest BCUT2D eigenvalue weighted by atomic mass is 9.74. The van der Waals surface area contributed by atoms with Crippen LogP contribution in [0.2, 0.25) is 0 Å². The fourth-order valence-electron chi connectivity index (χ4n) is 2.26. The van der Waals surface area contributed by atoms with Crippen LogP contribution in [0.15, 0.2) is 0 Å². The highest BCUT2D eigenvalue weighted by Crippen LogP contribution is 2.36. The minimum Gasteiger partial charge on any atom is -0.481 e. The maximum Gasteiger partial charge on any atom is 0.471 e. The molecule has 1 fully saturated rings. The molecule has 0 aromatic carbocycles. The van der Waals surface area contributed by atoms with Gasteiger partial charge in [0, 0.05) is 19.5 Å². The van der Waals surface area contributed by atoms with Crippen molar-refractivity contribution in [1.82, 2.24) is 4.90 Å². The van der Waals surface area contributed by atoms with Crippen molar-refractivity contribution in [3.63, 3.8) is 0 Å². The Bertz CT molecular complexity index is 397. The molecule has 1 rings (SSSR count). The number of nitrogens with zero attached hydrogens (tertiary/aromatic N) is 1. The van der Waals surface area contributed by atoms with Crippen LogP contribution in [0.1, 0.15) is 26.2 Å². The molecule has 0 bridgehead atoms. The van der Waals surface area contributed by atoms with E-state index >= 15 is 0 Å². The third-order valence-corrected chi connectivity index (χ3v) is 3.29. The summed E-state index contributed by atoms with van der Waals surface area (Å²) in [5.74, 6) is -3.51. The Balaban J connectivity index is 2.76. The summed E-state index contributed by atoms with van der Waals surface area (Å²) in [5, 5.41) is 9.14. The van der Waals surface area contributed by atoms with E-state index in [-0.39, 0.29) is 38.1 Å². The number of amides is 1. The SMILES string of the molecule is CC(=O)CC1(C(=O)O)CCN(C(=O)C(F)(F)F)CC1. The number of carboxylic acids is 1. The summed E-state index contributed by atoms with van der Waals surface area (Å²) in [7, 11) is 0. The van der Waals surface area contributed by atoms with Crippen molar-refractivity contribution in [1.29, 1.82) is 0 Å². The van der Waals surface area contributed by atoms with Gasteiger partial charge in [0.1, 0.15) is 5.78 Å². The number of rotatable bonds is 3. The molecule has 0 spiro atoms. The van der Waals surface area contributed by atoms with Crippen molar-refractivity contribution >= 4 is 17.7 Å². The van der Waals surface area contributed by atoms with Gasteiger partial charge in [-0.05, 0) is 19.8 Å². The number of halogens is 3. The normalized spacial score (nSPS) is 19.1. The van der Waals surface area contributed by atoms with Crippen molar-refractivity contribution in [3.8, 4) is 0 Å². The largest absolute Gasteiger partial charge is 0.481 e. The number of piperidine rings is 1. The van der Waals surface area contributed by atoms with E-state index in [1.807, 2.05) is 0 Å². The molecule has 1 saturated heterocycles. The molecule has 0 aromatic heterocycles. The van der Waals surface area contributed by atoms with Crippen LogP contribution < -0.4 is 0 Å².